The van der Waals surface area contributed by atoms with Gasteiger partial charge in [0, 0.05) is 24.7 Å². The standard InChI is InChI=1S/C16H24N2O3/c1-4-12(3)18-15(19)10-11-17-14-9-7-6-8-13(14)16(20)21-5-2/h6-9,12,17H,4-5,10-11H2,1-3H3,(H,18,19). The molecule has 1 rings (SSSR count). The number of para-hydroxylation sites is 1. The first-order valence-electron chi connectivity index (χ1n) is 7.37. The molecule has 1 unspecified atom stereocenters. The van der Waals surface area contributed by atoms with Crippen molar-refractivity contribution >= 4 is 17.6 Å². The summed E-state index contributed by atoms with van der Waals surface area (Å²) in [6.07, 6.45) is 1.27. The highest BCUT2D eigenvalue weighted by molar-refractivity contribution is 5.95. The highest BCUT2D eigenvalue weighted by Gasteiger charge is 2.12. The van der Waals surface area contributed by atoms with E-state index in [1.807, 2.05) is 19.9 Å². The number of rotatable bonds is 8. The van der Waals surface area contributed by atoms with E-state index in [0.717, 1.165) is 6.42 Å². The van der Waals surface area contributed by atoms with Gasteiger partial charge in [-0.25, -0.2) is 4.79 Å². The number of amides is 1. The molecule has 0 aliphatic heterocycles. The van der Waals surface area contributed by atoms with Gasteiger partial charge in [0.2, 0.25) is 5.91 Å². The van der Waals surface area contributed by atoms with E-state index < -0.39 is 0 Å². The lowest BCUT2D eigenvalue weighted by molar-refractivity contribution is -0.121. The van der Waals surface area contributed by atoms with Crippen molar-refractivity contribution in [2.75, 3.05) is 18.5 Å². The Kier molecular flexibility index (Phi) is 7.29. The summed E-state index contributed by atoms with van der Waals surface area (Å²) >= 11 is 0. The smallest absolute Gasteiger partial charge is 0.340 e. The van der Waals surface area contributed by atoms with Crippen LogP contribution in [0.3, 0.4) is 0 Å². The number of nitrogens with one attached hydrogen (secondary N) is 2. The first-order valence-corrected chi connectivity index (χ1v) is 7.37. The van der Waals surface area contributed by atoms with Crippen LogP contribution in [0.2, 0.25) is 0 Å². The van der Waals surface area contributed by atoms with E-state index in [9.17, 15) is 9.59 Å². The van der Waals surface area contributed by atoms with Crippen molar-refractivity contribution in [3.8, 4) is 0 Å². The van der Waals surface area contributed by atoms with Crippen LogP contribution in [0.15, 0.2) is 24.3 Å². The Hall–Kier alpha value is -2.04. The molecule has 5 heteroatoms. The van der Waals surface area contributed by atoms with Crippen molar-refractivity contribution < 1.29 is 14.3 Å². The van der Waals surface area contributed by atoms with E-state index in [1.165, 1.54) is 0 Å². The van der Waals surface area contributed by atoms with Crippen LogP contribution >= 0.6 is 0 Å². The molecule has 0 fully saturated rings. The van der Waals surface area contributed by atoms with Crippen LogP contribution in [0.1, 0.15) is 44.0 Å². The molecule has 0 aliphatic carbocycles. The molecule has 0 aromatic heterocycles. The largest absolute Gasteiger partial charge is 0.462 e. The Balaban J connectivity index is 2.52. The zero-order valence-corrected chi connectivity index (χ0v) is 12.9. The Morgan fingerprint density at radius 2 is 1.95 bits per heavy atom. The lowest BCUT2D eigenvalue weighted by Gasteiger charge is -2.13. The monoisotopic (exact) mass is 292 g/mol. The van der Waals surface area contributed by atoms with Crippen LogP contribution in [0.5, 0.6) is 0 Å². The number of esters is 1. The van der Waals surface area contributed by atoms with Crippen LogP contribution in [0.4, 0.5) is 5.69 Å². The van der Waals surface area contributed by atoms with Crippen LogP contribution < -0.4 is 10.6 Å². The van der Waals surface area contributed by atoms with Gasteiger partial charge in [0.1, 0.15) is 0 Å². The zero-order chi connectivity index (χ0) is 15.7. The number of hydrogen-bond acceptors (Lipinski definition) is 4. The second kappa shape index (κ2) is 9.00. The summed E-state index contributed by atoms with van der Waals surface area (Å²) in [6.45, 7) is 6.58. The van der Waals surface area contributed by atoms with Crippen molar-refractivity contribution in [3.05, 3.63) is 29.8 Å². The average Bonchev–Trinajstić information content (AvgIpc) is 2.47. The van der Waals surface area contributed by atoms with Crippen LogP contribution in [0.25, 0.3) is 0 Å². The Morgan fingerprint density at radius 1 is 1.24 bits per heavy atom. The third-order valence-electron chi connectivity index (χ3n) is 3.11. The van der Waals surface area contributed by atoms with Gasteiger partial charge in [-0.15, -0.1) is 0 Å². The van der Waals surface area contributed by atoms with E-state index in [-0.39, 0.29) is 17.9 Å². The minimum Gasteiger partial charge on any atom is -0.462 e. The SMILES string of the molecule is CCOC(=O)c1ccccc1NCCC(=O)NC(C)CC. The van der Waals surface area contributed by atoms with Crippen LogP contribution in [-0.4, -0.2) is 31.1 Å². The van der Waals surface area contributed by atoms with E-state index in [1.54, 1.807) is 25.1 Å². The zero-order valence-electron chi connectivity index (χ0n) is 12.9. The molecule has 0 saturated heterocycles. The van der Waals surface area contributed by atoms with E-state index in [2.05, 4.69) is 10.6 Å². The number of ether oxygens (including phenoxy) is 1. The van der Waals surface area contributed by atoms with Gasteiger partial charge in [-0.1, -0.05) is 19.1 Å². The van der Waals surface area contributed by atoms with Gasteiger partial charge in [0.05, 0.1) is 12.2 Å². The molecule has 1 aromatic rings. The first kappa shape index (κ1) is 17.0. The fourth-order valence-electron chi connectivity index (χ4n) is 1.78. The van der Waals surface area contributed by atoms with Crippen LogP contribution in [-0.2, 0) is 9.53 Å². The van der Waals surface area contributed by atoms with Gasteiger partial charge in [0.25, 0.3) is 0 Å². The summed E-state index contributed by atoms with van der Waals surface area (Å²) in [5.74, 6) is -0.352. The van der Waals surface area contributed by atoms with Crippen molar-refractivity contribution in [3.63, 3.8) is 0 Å². The van der Waals surface area contributed by atoms with Gasteiger partial charge in [-0.3, -0.25) is 4.79 Å². The lowest BCUT2D eigenvalue weighted by atomic mass is 10.1. The summed E-state index contributed by atoms with van der Waals surface area (Å²) in [5.41, 5.74) is 1.17. The summed E-state index contributed by atoms with van der Waals surface area (Å²) in [5, 5.41) is 6.02. The molecule has 0 spiro atoms. The van der Waals surface area contributed by atoms with Crippen molar-refractivity contribution in [1.82, 2.24) is 5.32 Å². The molecular weight excluding hydrogens is 268 g/mol. The highest BCUT2D eigenvalue weighted by atomic mass is 16.5. The maximum atomic E-state index is 11.8. The molecule has 21 heavy (non-hydrogen) atoms. The highest BCUT2D eigenvalue weighted by Crippen LogP contribution is 2.16. The molecule has 1 atom stereocenters. The maximum absolute atomic E-state index is 11.8. The Bertz CT molecular complexity index is 474. The molecule has 116 valence electrons. The molecule has 0 bridgehead atoms. The number of carbonyl (C=O) groups excluding carboxylic acids is 2. The van der Waals surface area contributed by atoms with Gasteiger partial charge < -0.3 is 15.4 Å². The van der Waals surface area contributed by atoms with Gasteiger partial charge >= 0.3 is 5.97 Å². The fourth-order valence-corrected chi connectivity index (χ4v) is 1.78. The maximum Gasteiger partial charge on any atom is 0.340 e. The summed E-state index contributed by atoms with van der Waals surface area (Å²) < 4.78 is 5.00. The summed E-state index contributed by atoms with van der Waals surface area (Å²) in [6, 6.07) is 7.32. The van der Waals surface area contributed by atoms with Crippen molar-refractivity contribution in [1.29, 1.82) is 0 Å². The molecule has 2 N–H and O–H groups in total. The normalized spacial score (nSPS) is 11.6. The molecule has 0 radical (unpaired) electrons. The molecule has 0 heterocycles. The summed E-state index contributed by atoms with van der Waals surface area (Å²) in [7, 11) is 0. The molecule has 1 aromatic carbocycles. The fraction of sp³-hybridized carbons (Fsp3) is 0.500. The Morgan fingerprint density at radius 3 is 2.62 bits per heavy atom. The quantitative estimate of drug-likeness (QED) is 0.723. The predicted molar refractivity (Wildman–Crippen MR) is 83.4 cm³/mol. The number of hydrogen-bond donors (Lipinski definition) is 2. The third-order valence-corrected chi connectivity index (χ3v) is 3.11. The molecule has 0 saturated carbocycles. The van der Waals surface area contributed by atoms with E-state index in [4.69, 9.17) is 4.74 Å². The minimum absolute atomic E-state index is 0.00506. The van der Waals surface area contributed by atoms with Gasteiger partial charge in [-0.2, -0.15) is 0 Å². The molecule has 1 amide bonds. The molecule has 5 nitrogen and oxygen atoms in total. The molecule has 0 aliphatic rings. The second-order valence-electron chi connectivity index (χ2n) is 4.82. The second-order valence-corrected chi connectivity index (χ2v) is 4.82. The lowest BCUT2D eigenvalue weighted by Crippen LogP contribution is -2.33. The number of carbonyl (C=O) groups is 2. The van der Waals surface area contributed by atoms with Crippen LogP contribution in [0, 0.1) is 0 Å². The molecular formula is C16H24N2O3. The van der Waals surface area contributed by atoms with Crippen molar-refractivity contribution in [2.24, 2.45) is 0 Å². The Labute approximate surface area is 126 Å². The topological polar surface area (TPSA) is 67.4 Å². The van der Waals surface area contributed by atoms with E-state index >= 15 is 0 Å². The van der Waals surface area contributed by atoms with Crippen molar-refractivity contribution in [2.45, 2.75) is 39.7 Å². The van der Waals surface area contributed by atoms with Gasteiger partial charge in [-0.05, 0) is 32.4 Å². The first-order chi connectivity index (χ1) is 10.1. The third kappa shape index (κ3) is 5.85. The van der Waals surface area contributed by atoms with E-state index in [0.29, 0.717) is 30.8 Å². The predicted octanol–water partition coefficient (Wildman–Crippen LogP) is 2.58. The number of anilines is 1. The van der Waals surface area contributed by atoms with Gasteiger partial charge in [0.15, 0.2) is 0 Å². The summed E-state index contributed by atoms with van der Waals surface area (Å²) in [4.78, 5) is 23.5. The average molecular weight is 292 g/mol. The minimum atomic E-state index is -0.357. The number of benzene rings is 1.